The van der Waals surface area contributed by atoms with E-state index in [2.05, 4.69) is 20.3 Å². The molecule has 0 unspecified atom stereocenters. The van der Waals surface area contributed by atoms with Gasteiger partial charge in [-0.2, -0.15) is 8.78 Å². The van der Waals surface area contributed by atoms with Crippen LogP contribution in [0.1, 0.15) is 50.8 Å². The molecule has 0 radical (unpaired) electrons. The molecular formula is C19H21F2N5O. The number of pyridine rings is 1. The van der Waals surface area contributed by atoms with E-state index in [4.69, 9.17) is 0 Å². The summed E-state index contributed by atoms with van der Waals surface area (Å²) >= 11 is 0. The number of fused-ring (bicyclic) bond motifs is 2. The van der Waals surface area contributed by atoms with Crippen LogP contribution in [0.4, 0.5) is 26.2 Å². The Labute approximate surface area is 156 Å². The SMILES string of the molecule is CC(=O)Nc1cc2c(cn1)C1(CCCC1)CN2c1nccc(C(C)(F)F)n1. The second-order valence-corrected chi connectivity index (χ2v) is 7.47. The molecule has 2 aromatic rings. The maximum atomic E-state index is 13.8. The number of amides is 1. The topological polar surface area (TPSA) is 71.0 Å². The molecule has 2 aromatic heterocycles. The van der Waals surface area contributed by atoms with Crippen LogP contribution in [0.25, 0.3) is 0 Å². The van der Waals surface area contributed by atoms with Crippen molar-refractivity contribution in [1.82, 2.24) is 15.0 Å². The molecule has 4 rings (SSSR count). The summed E-state index contributed by atoms with van der Waals surface area (Å²) in [5, 5.41) is 2.68. The Bertz CT molecular complexity index is 890. The van der Waals surface area contributed by atoms with Crippen LogP contribution in [-0.2, 0) is 16.1 Å². The van der Waals surface area contributed by atoms with E-state index in [1.165, 1.54) is 19.2 Å². The number of halogens is 2. The number of anilines is 3. The van der Waals surface area contributed by atoms with Gasteiger partial charge in [-0.25, -0.2) is 15.0 Å². The van der Waals surface area contributed by atoms with Gasteiger partial charge in [-0.3, -0.25) is 4.79 Å². The zero-order chi connectivity index (χ0) is 19.2. The predicted molar refractivity (Wildman–Crippen MR) is 97.3 cm³/mol. The van der Waals surface area contributed by atoms with Gasteiger partial charge in [0.25, 0.3) is 5.92 Å². The van der Waals surface area contributed by atoms with Gasteiger partial charge in [-0.05, 0) is 18.9 Å². The molecule has 0 atom stereocenters. The second kappa shape index (κ2) is 6.21. The third-order valence-corrected chi connectivity index (χ3v) is 5.40. The molecule has 1 aliphatic carbocycles. The van der Waals surface area contributed by atoms with E-state index in [9.17, 15) is 13.6 Å². The van der Waals surface area contributed by atoms with Gasteiger partial charge < -0.3 is 10.2 Å². The lowest BCUT2D eigenvalue weighted by Crippen LogP contribution is -2.29. The first-order valence-electron chi connectivity index (χ1n) is 9.06. The molecule has 1 amide bonds. The van der Waals surface area contributed by atoms with Gasteiger partial charge in [-0.15, -0.1) is 0 Å². The zero-order valence-corrected chi connectivity index (χ0v) is 15.3. The van der Waals surface area contributed by atoms with Crippen molar-refractivity contribution in [2.45, 2.75) is 50.9 Å². The fraction of sp³-hybridized carbons (Fsp3) is 0.474. The van der Waals surface area contributed by atoms with Gasteiger partial charge >= 0.3 is 0 Å². The summed E-state index contributed by atoms with van der Waals surface area (Å²) in [5.41, 5.74) is 1.53. The van der Waals surface area contributed by atoms with Crippen molar-refractivity contribution in [3.05, 3.63) is 35.8 Å². The lowest BCUT2D eigenvalue weighted by atomic mass is 9.82. The van der Waals surface area contributed by atoms with Crippen LogP contribution in [0.2, 0.25) is 0 Å². The number of carbonyl (C=O) groups excluding carboxylic acids is 1. The summed E-state index contributed by atoms with van der Waals surface area (Å²) < 4.78 is 27.5. The molecule has 3 heterocycles. The van der Waals surface area contributed by atoms with Crippen LogP contribution in [-0.4, -0.2) is 27.4 Å². The van der Waals surface area contributed by atoms with Gasteiger partial charge in [-0.1, -0.05) is 12.8 Å². The van der Waals surface area contributed by atoms with Gasteiger partial charge in [0.15, 0.2) is 0 Å². The van der Waals surface area contributed by atoms with Crippen molar-refractivity contribution >= 4 is 23.4 Å². The van der Waals surface area contributed by atoms with Crippen LogP contribution in [0.5, 0.6) is 0 Å². The summed E-state index contributed by atoms with van der Waals surface area (Å²) in [5.74, 6) is -2.58. The van der Waals surface area contributed by atoms with E-state index in [0.29, 0.717) is 12.4 Å². The van der Waals surface area contributed by atoms with Crippen molar-refractivity contribution in [3.63, 3.8) is 0 Å². The predicted octanol–water partition coefficient (Wildman–Crippen LogP) is 3.91. The van der Waals surface area contributed by atoms with Crippen LogP contribution in [0.3, 0.4) is 0 Å². The summed E-state index contributed by atoms with van der Waals surface area (Å²) in [6.07, 6.45) is 7.43. The van der Waals surface area contributed by atoms with Crippen LogP contribution < -0.4 is 10.2 Å². The smallest absolute Gasteiger partial charge is 0.287 e. The van der Waals surface area contributed by atoms with Crippen molar-refractivity contribution in [2.24, 2.45) is 0 Å². The third kappa shape index (κ3) is 3.13. The molecule has 1 fully saturated rings. The Hall–Kier alpha value is -2.64. The number of hydrogen-bond acceptors (Lipinski definition) is 5. The maximum Gasteiger partial charge on any atom is 0.287 e. The minimum Gasteiger partial charge on any atom is -0.311 e. The molecule has 27 heavy (non-hydrogen) atoms. The summed E-state index contributed by atoms with van der Waals surface area (Å²) in [6.45, 7) is 2.88. The van der Waals surface area contributed by atoms with E-state index in [1.807, 2.05) is 4.90 Å². The Morgan fingerprint density at radius 3 is 2.70 bits per heavy atom. The van der Waals surface area contributed by atoms with Crippen LogP contribution in [0, 0.1) is 0 Å². The quantitative estimate of drug-likeness (QED) is 0.883. The lowest BCUT2D eigenvalue weighted by Gasteiger charge is -2.24. The molecule has 142 valence electrons. The molecule has 2 aliphatic rings. The maximum absolute atomic E-state index is 13.8. The fourth-order valence-electron chi connectivity index (χ4n) is 4.18. The molecule has 1 N–H and O–H groups in total. The van der Waals surface area contributed by atoms with Gasteiger partial charge in [0.05, 0.1) is 5.69 Å². The Morgan fingerprint density at radius 2 is 2.04 bits per heavy atom. The minimum atomic E-state index is -3.04. The number of nitrogens with zero attached hydrogens (tertiary/aromatic N) is 4. The van der Waals surface area contributed by atoms with E-state index in [1.54, 1.807) is 12.3 Å². The van der Waals surface area contributed by atoms with E-state index >= 15 is 0 Å². The first-order chi connectivity index (χ1) is 12.8. The minimum absolute atomic E-state index is 0.0643. The highest BCUT2D eigenvalue weighted by atomic mass is 19.3. The molecule has 6 nitrogen and oxygen atoms in total. The van der Waals surface area contributed by atoms with E-state index in [0.717, 1.165) is 43.9 Å². The second-order valence-electron chi connectivity index (χ2n) is 7.47. The highest BCUT2D eigenvalue weighted by molar-refractivity contribution is 5.88. The fourth-order valence-corrected chi connectivity index (χ4v) is 4.18. The van der Waals surface area contributed by atoms with E-state index < -0.39 is 5.92 Å². The van der Waals surface area contributed by atoms with E-state index in [-0.39, 0.29) is 23.0 Å². The third-order valence-electron chi connectivity index (χ3n) is 5.40. The van der Waals surface area contributed by atoms with Crippen molar-refractivity contribution in [1.29, 1.82) is 0 Å². The number of rotatable bonds is 3. The average Bonchev–Trinajstić information content (AvgIpc) is 3.20. The molecule has 1 saturated carbocycles. The van der Waals surface area contributed by atoms with Crippen LogP contribution >= 0.6 is 0 Å². The first kappa shape index (κ1) is 17.8. The zero-order valence-electron chi connectivity index (χ0n) is 15.3. The van der Waals surface area contributed by atoms with Gasteiger partial charge in [0.1, 0.15) is 11.5 Å². The summed E-state index contributed by atoms with van der Waals surface area (Å²) in [6, 6.07) is 3.02. The summed E-state index contributed by atoms with van der Waals surface area (Å²) in [7, 11) is 0. The summed E-state index contributed by atoms with van der Waals surface area (Å²) in [4.78, 5) is 26.0. The molecule has 1 aliphatic heterocycles. The standard InChI is InChI=1S/C19H21F2N5O/c1-12(27)24-16-9-14-13(10-23-16)19(6-3-4-7-19)11-26(14)17-22-8-5-15(25-17)18(2,20)21/h5,8-10H,3-4,6-7,11H2,1-2H3,(H,23,24,27). The number of hydrogen-bond donors (Lipinski definition) is 1. The molecule has 1 spiro atoms. The molecular weight excluding hydrogens is 352 g/mol. The van der Waals surface area contributed by atoms with Gasteiger partial charge in [0, 0.05) is 49.8 Å². The number of aromatic nitrogens is 3. The Kier molecular flexibility index (Phi) is 4.09. The van der Waals surface area contributed by atoms with Crippen molar-refractivity contribution in [3.8, 4) is 0 Å². The first-order valence-corrected chi connectivity index (χ1v) is 9.06. The highest BCUT2D eigenvalue weighted by Crippen LogP contribution is 2.52. The van der Waals surface area contributed by atoms with Gasteiger partial charge in [0.2, 0.25) is 11.9 Å². The number of alkyl halides is 2. The molecule has 0 aromatic carbocycles. The normalized spacial score (nSPS) is 18.0. The number of nitrogens with one attached hydrogen (secondary N) is 1. The Balaban J connectivity index is 1.80. The van der Waals surface area contributed by atoms with Crippen molar-refractivity contribution in [2.75, 3.05) is 16.8 Å². The largest absolute Gasteiger partial charge is 0.311 e. The molecule has 8 heteroatoms. The molecule has 0 saturated heterocycles. The number of carbonyl (C=O) groups is 1. The monoisotopic (exact) mass is 373 g/mol. The lowest BCUT2D eigenvalue weighted by molar-refractivity contribution is -0.114. The van der Waals surface area contributed by atoms with Crippen LogP contribution in [0.15, 0.2) is 24.5 Å². The van der Waals surface area contributed by atoms with Crippen molar-refractivity contribution < 1.29 is 13.6 Å². The highest BCUT2D eigenvalue weighted by Gasteiger charge is 2.46. The average molecular weight is 373 g/mol. The molecule has 0 bridgehead atoms. The Morgan fingerprint density at radius 1 is 1.30 bits per heavy atom.